The molecule has 1 amide bonds. The van der Waals surface area contributed by atoms with Crippen LogP contribution in [0.2, 0.25) is 0 Å². The Kier molecular flexibility index (Phi) is 3.98. The molecular weight excluding hydrogens is 257 g/mol. The van der Waals surface area contributed by atoms with Gasteiger partial charge in [-0.05, 0) is 30.7 Å². The molecule has 0 saturated carbocycles. The lowest BCUT2D eigenvalue weighted by Gasteiger charge is -2.18. The molecule has 104 valence electrons. The van der Waals surface area contributed by atoms with Crippen molar-refractivity contribution in [1.29, 1.82) is 0 Å². The Morgan fingerprint density at radius 1 is 1.45 bits per heavy atom. The van der Waals surface area contributed by atoms with Gasteiger partial charge in [-0.15, -0.1) is 0 Å². The van der Waals surface area contributed by atoms with Gasteiger partial charge in [0.05, 0.1) is 0 Å². The van der Waals surface area contributed by atoms with Crippen molar-refractivity contribution in [2.24, 2.45) is 0 Å². The average molecular weight is 273 g/mol. The van der Waals surface area contributed by atoms with Crippen LogP contribution in [0.5, 0.6) is 0 Å². The molecule has 0 fully saturated rings. The Hall–Kier alpha value is -2.43. The zero-order valence-corrected chi connectivity index (χ0v) is 11.4. The molecule has 4 nitrogen and oxygen atoms in total. The predicted molar refractivity (Wildman–Crippen MR) is 75.6 cm³/mol. The van der Waals surface area contributed by atoms with E-state index in [-0.39, 0.29) is 17.2 Å². The predicted octanol–water partition coefficient (Wildman–Crippen LogP) is 2.38. The third kappa shape index (κ3) is 2.93. The molecule has 5 heteroatoms. The van der Waals surface area contributed by atoms with Gasteiger partial charge in [0.2, 0.25) is 0 Å². The molecule has 0 aliphatic carbocycles. The summed E-state index contributed by atoms with van der Waals surface area (Å²) in [5, 5.41) is 0. The lowest BCUT2D eigenvalue weighted by Crippen LogP contribution is -2.26. The van der Waals surface area contributed by atoms with Crippen LogP contribution in [0.4, 0.5) is 10.1 Å². The van der Waals surface area contributed by atoms with Crippen molar-refractivity contribution in [3.63, 3.8) is 0 Å². The Bertz CT molecular complexity index is 605. The van der Waals surface area contributed by atoms with Gasteiger partial charge in [-0.3, -0.25) is 9.78 Å². The van der Waals surface area contributed by atoms with Crippen molar-refractivity contribution in [2.45, 2.75) is 13.5 Å². The summed E-state index contributed by atoms with van der Waals surface area (Å²) >= 11 is 0. The first-order valence-electron chi connectivity index (χ1n) is 6.19. The number of hydrogen-bond donors (Lipinski definition) is 1. The van der Waals surface area contributed by atoms with Crippen LogP contribution >= 0.6 is 0 Å². The third-order valence-corrected chi connectivity index (χ3v) is 3.12. The number of nitrogen functional groups attached to an aromatic ring is 1. The summed E-state index contributed by atoms with van der Waals surface area (Å²) in [5.74, 6) is -0.748. The van der Waals surface area contributed by atoms with Gasteiger partial charge in [0.15, 0.2) is 0 Å². The summed E-state index contributed by atoms with van der Waals surface area (Å²) in [6, 6.07) is 6.40. The minimum Gasteiger partial charge on any atom is -0.398 e. The quantitative estimate of drug-likeness (QED) is 0.873. The zero-order chi connectivity index (χ0) is 14.7. The van der Waals surface area contributed by atoms with Gasteiger partial charge in [0.1, 0.15) is 5.82 Å². The number of rotatable bonds is 3. The maximum atomic E-state index is 13.6. The maximum Gasteiger partial charge on any atom is 0.254 e. The Balaban J connectivity index is 2.19. The topological polar surface area (TPSA) is 59.2 Å². The summed E-state index contributed by atoms with van der Waals surface area (Å²) in [5.41, 5.74) is 7.48. The number of carbonyl (C=O) groups is 1. The molecule has 20 heavy (non-hydrogen) atoms. The fraction of sp³-hybridized carbons (Fsp3) is 0.200. The monoisotopic (exact) mass is 273 g/mol. The van der Waals surface area contributed by atoms with E-state index in [1.54, 1.807) is 32.4 Å². The van der Waals surface area contributed by atoms with Gasteiger partial charge >= 0.3 is 0 Å². The van der Waals surface area contributed by atoms with E-state index in [1.807, 2.05) is 6.07 Å². The number of carbonyl (C=O) groups excluding carboxylic acids is 1. The molecule has 0 bridgehead atoms. The van der Waals surface area contributed by atoms with E-state index in [0.29, 0.717) is 12.1 Å². The van der Waals surface area contributed by atoms with E-state index in [0.717, 1.165) is 5.56 Å². The van der Waals surface area contributed by atoms with Crippen LogP contribution in [0.1, 0.15) is 21.5 Å². The lowest BCUT2D eigenvalue weighted by molar-refractivity contribution is 0.0784. The normalized spacial score (nSPS) is 10.3. The van der Waals surface area contributed by atoms with E-state index in [1.165, 1.54) is 17.0 Å². The van der Waals surface area contributed by atoms with Crippen LogP contribution in [0.3, 0.4) is 0 Å². The largest absolute Gasteiger partial charge is 0.398 e. The summed E-state index contributed by atoms with van der Waals surface area (Å²) in [6.07, 6.45) is 3.36. The fourth-order valence-corrected chi connectivity index (χ4v) is 1.88. The van der Waals surface area contributed by atoms with E-state index >= 15 is 0 Å². The van der Waals surface area contributed by atoms with Gasteiger partial charge in [0, 0.05) is 42.8 Å². The summed E-state index contributed by atoms with van der Waals surface area (Å²) in [6.45, 7) is 1.99. The van der Waals surface area contributed by atoms with Crippen LogP contribution in [0.25, 0.3) is 0 Å². The van der Waals surface area contributed by atoms with E-state index < -0.39 is 5.82 Å². The van der Waals surface area contributed by atoms with Gasteiger partial charge in [0.25, 0.3) is 5.91 Å². The van der Waals surface area contributed by atoms with Gasteiger partial charge in [-0.25, -0.2) is 4.39 Å². The Morgan fingerprint density at radius 2 is 2.20 bits per heavy atom. The summed E-state index contributed by atoms with van der Waals surface area (Å²) in [7, 11) is 1.66. The maximum absolute atomic E-state index is 13.6. The number of aromatic nitrogens is 1. The minimum absolute atomic E-state index is 0.247. The second-order valence-electron chi connectivity index (χ2n) is 4.69. The molecule has 0 saturated heterocycles. The van der Waals surface area contributed by atoms with Crippen molar-refractivity contribution in [1.82, 2.24) is 9.88 Å². The van der Waals surface area contributed by atoms with Crippen molar-refractivity contribution in [2.75, 3.05) is 12.8 Å². The molecule has 0 unspecified atom stereocenters. The molecule has 2 aromatic rings. The second-order valence-corrected chi connectivity index (χ2v) is 4.69. The summed E-state index contributed by atoms with van der Waals surface area (Å²) in [4.78, 5) is 17.7. The number of nitrogens with two attached hydrogens (primary N) is 1. The molecular formula is C15H16FN3O. The SMILES string of the molecule is Cc1c(N)cc(C(=O)N(C)Cc2cccnc2)cc1F. The number of halogens is 1. The van der Waals surface area contributed by atoms with Crippen LogP contribution < -0.4 is 5.73 Å². The number of pyridine rings is 1. The van der Waals surface area contributed by atoms with Crippen molar-refractivity contribution in [3.8, 4) is 0 Å². The highest BCUT2D eigenvalue weighted by atomic mass is 19.1. The van der Waals surface area contributed by atoms with E-state index in [9.17, 15) is 9.18 Å². The third-order valence-electron chi connectivity index (χ3n) is 3.12. The molecule has 2 N–H and O–H groups in total. The Labute approximate surface area is 117 Å². The molecule has 2 rings (SSSR count). The van der Waals surface area contributed by atoms with Crippen molar-refractivity contribution in [3.05, 3.63) is 59.2 Å². The smallest absolute Gasteiger partial charge is 0.254 e. The number of anilines is 1. The number of amides is 1. The van der Waals surface area contributed by atoms with Gasteiger partial charge < -0.3 is 10.6 Å². The first kappa shape index (κ1) is 14.0. The van der Waals surface area contributed by atoms with Crippen LogP contribution in [0, 0.1) is 12.7 Å². The molecule has 0 aliphatic heterocycles. The summed E-state index contributed by atoms with van der Waals surface area (Å²) < 4.78 is 13.6. The second kappa shape index (κ2) is 5.69. The molecule has 1 heterocycles. The van der Waals surface area contributed by atoms with Crippen LogP contribution in [0.15, 0.2) is 36.7 Å². The molecule has 0 radical (unpaired) electrons. The van der Waals surface area contributed by atoms with E-state index in [4.69, 9.17) is 5.73 Å². The van der Waals surface area contributed by atoms with Crippen LogP contribution in [-0.2, 0) is 6.54 Å². The number of benzene rings is 1. The first-order chi connectivity index (χ1) is 9.49. The molecule has 1 aromatic heterocycles. The zero-order valence-electron chi connectivity index (χ0n) is 11.4. The minimum atomic E-state index is -0.469. The highest BCUT2D eigenvalue weighted by Crippen LogP contribution is 2.19. The highest BCUT2D eigenvalue weighted by molar-refractivity contribution is 5.95. The van der Waals surface area contributed by atoms with Crippen molar-refractivity contribution < 1.29 is 9.18 Å². The number of nitrogens with zero attached hydrogens (tertiary/aromatic N) is 2. The molecule has 0 atom stereocenters. The fourth-order valence-electron chi connectivity index (χ4n) is 1.88. The van der Waals surface area contributed by atoms with Crippen molar-refractivity contribution >= 4 is 11.6 Å². The Morgan fingerprint density at radius 3 is 2.80 bits per heavy atom. The average Bonchev–Trinajstić information content (AvgIpc) is 2.44. The standard InChI is InChI=1S/C15H16FN3O/c1-10-13(16)6-12(7-14(10)17)15(20)19(2)9-11-4-3-5-18-8-11/h3-8H,9,17H2,1-2H3. The van der Waals surface area contributed by atoms with Gasteiger partial charge in [-0.1, -0.05) is 6.07 Å². The van der Waals surface area contributed by atoms with E-state index in [2.05, 4.69) is 4.98 Å². The van der Waals surface area contributed by atoms with Gasteiger partial charge in [-0.2, -0.15) is 0 Å². The molecule has 0 spiro atoms. The lowest BCUT2D eigenvalue weighted by atomic mass is 10.1. The van der Waals surface area contributed by atoms with Crippen LogP contribution in [-0.4, -0.2) is 22.8 Å². The highest BCUT2D eigenvalue weighted by Gasteiger charge is 2.15. The molecule has 1 aromatic carbocycles. The number of hydrogen-bond acceptors (Lipinski definition) is 3. The molecule has 0 aliphatic rings. The first-order valence-corrected chi connectivity index (χ1v) is 6.19.